The third-order valence-electron chi connectivity index (χ3n) is 3.80. The summed E-state index contributed by atoms with van der Waals surface area (Å²) in [5.74, 6) is 0.460. The second-order valence-corrected chi connectivity index (χ2v) is 9.64. The van der Waals surface area contributed by atoms with Crippen molar-refractivity contribution in [2.75, 3.05) is 13.6 Å². The molecular formula is C21H28N2O3S2. The Labute approximate surface area is 175 Å². The largest absolute Gasteiger partial charge is 0.460 e. The van der Waals surface area contributed by atoms with Gasteiger partial charge in [-0.25, -0.2) is 4.98 Å². The summed E-state index contributed by atoms with van der Waals surface area (Å²) in [6.45, 7) is 8.04. The van der Waals surface area contributed by atoms with E-state index in [1.54, 1.807) is 35.0 Å². The van der Waals surface area contributed by atoms with Crippen molar-refractivity contribution in [2.24, 2.45) is 0 Å². The molecule has 0 saturated carbocycles. The van der Waals surface area contributed by atoms with Crippen LogP contribution in [0.4, 0.5) is 0 Å². The molecule has 0 aliphatic heterocycles. The highest BCUT2D eigenvalue weighted by molar-refractivity contribution is 7.98. The molecule has 1 heterocycles. The lowest BCUT2D eigenvalue weighted by molar-refractivity contribution is -0.154. The Hall–Kier alpha value is -1.86. The molecule has 28 heavy (non-hydrogen) atoms. The number of ether oxygens (including phenoxy) is 1. The minimum Gasteiger partial charge on any atom is -0.460 e. The highest BCUT2D eigenvalue weighted by Gasteiger charge is 2.18. The molecule has 0 spiro atoms. The van der Waals surface area contributed by atoms with Crippen LogP contribution in [0.3, 0.4) is 0 Å². The predicted molar refractivity (Wildman–Crippen MR) is 115 cm³/mol. The molecule has 0 saturated heterocycles. The number of thioether (sulfide) groups is 1. The number of aryl methyl sites for hydroxylation is 1. The van der Waals surface area contributed by atoms with Gasteiger partial charge in [0.15, 0.2) is 0 Å². The van der Waals surface area contributed by atoms with Crippen LogP contribution in [0, 0.1) is 6.92 Å². The highest BCUT2D eigenvalue weighted by Crippen LogP contribution is 2.27. The quantitative estimate of drug-likeness (QED) is 0.447. The summed E-state index contributed by atoms with van der Waals surface area (Å²) in [6.07, 6.45) is 0.874. The van der Waals surface area contributed by atoms with Gasteiger partial charge in [0.25, 0.3) is 5.91 Å². The van der Waals surface area contributed by atoms with Crippen LogP contribution in [-0.4, -0.2) is 41.0 Å². The Morgan fingerprint density at radius 3 is 2.61 bits per heavy atom. The third-order valence-corrected chi connectivity index (χ3v) is 5.73. The van der Waals surface area contributed by atoms with E-state index in [0.717, 1.165) is 21.3 Å². The summed E-state index contributed by atoms with van der Waals surface area (Å²) in [7, 11) is 1.77. The molecule has 1 aromatic carbocycles. The number of aromatic nitrogens is 1. The number of hydrogen-bond donors (Lipinski definition) is 0. The molecule has 0 fully saturated rings. The van der Waals surface area contributed by atoms with Crippen molar-refractivity contribution >= 4 is 35.0 Å². The molecule has 0 aliphatic rings. The van der Waals surface area contributed by atoms with Crippen LogP contribution in [0.25, 0.3) is 0 Å². The molecular weight excluding hydrogens is 392 g/mol. The standard InChI is InChI=1S/C21H28N2O3S2/c1-15-22-16(13-27-15)14-28-18-10-7-6-9-17(18)20(25)23(5)12-8-11-19(24)26-21(2,3)4/h6-7,9-10,13H,8,11-12,14H2,1-5H3. The topological polar surface area (TPSA) is 59.5 Å². The fourth-order valence-corrected chi connectivity index (χ4v) is 4.21. The maximum atomic E-state index is 12.9. The van der Waals surface area contributed by atoms with Gasteiger partial charge in [-0.3, -0.25) is 9.59 Å². The van der Waals surface area contributed by atoms with Crippen molar-refractivity contribution in [1.82, 2.24) is 9.88 Å². The summed E-state index contributed by atoms with van der Waals surface area (Å²) in [6, 6.07) is 7.62. The van der Waals surface area contributed by atoms with Crippen LogP contribution in [0.15, 0.2) is 34.5 Å². The number of rotatable bonds is 8. The molecule has 152 valence electrons. The minimum absolute atomic E-state index is 0.0400. The number of benzene rings is 1. The molecule has 0 N–H and O–H groups in total. The maximum Gasteiger partial charge on any atom is 0.306 e. The zero-order valence-corrected chi connectivity index (χ0v) is 18.8. The second-order valence-electron chi connectivity index (χ2n) is 7.56. The molecule has 2 aromatic rings. The monoisotopic (exact) mass is 420 g/mol. The maximum absolute atomic E-state index is 12.9. The molecule has 0 atom stereocenters. The molecule has 0 unspecified atom stereocenters. The number of carbonyl (C=O) groups is 2. The van der Waals surface area contributed by atoms with E-state index < -0.39 is 5.60 Å². The summed E-state index contributed by atoms with van der Waals surface area (Å²) in [5, 5.41) is 3.10. The number of nitrogens with zero attached hydrogens (tertiary/aromatic N) is 2. The zero-order chi connectivity index (χ0) is 20.7. The molecule has 7 heteroatoms. The lowest BCUT2D eigenvalue weighted by atomic mass is 10.2. The van der Waals surface area contributed by atoms with E-state index in [4.69, 9.17) is 4.74 Å². The van der Waals surface area contributed by atoms with Gasteiger partial charge in [0, 0.05) is 36.0 Å². The van der Waals surface area contributed by atoms with Gasteiger partial charge in [0.1, 0.15) is 5.60 Å². The van der Waals surface area contributed by atoms with Gasteiger partial charge in [-0.15, -0.1) is 23.1 Å². The first kappa shape index (κ1) is 22.4. The van der Waals surface area contributed by atoms with E-state index in [1.165, 1.54) is 0 Å². The van der Waals surface area contributed by atoms with Crippen LogP contribution in [0.5, 0.6) is 0 Å². The summed E-state index contributed by atoms with van der Waals surface area (Å²) in [5.41, 5.74) is 1.23. The minimum atomic E-state index is -0.481. The van der Waals surface area contributed by atoms with Crippen LogP contribution in [0.2, 0.25) is 0 Å². The average Bonchev–Trinajstić information content (AvgIpc) is 3.03. The lowest BCUT2D eigenvalue weighted by Gasteiger charge is -2.21. The van der Waals surface area contributed by atoms with E-state index >= 15 is 0 Å². The van der Waals surface area contributed by atoms with Crippen molar-refractivity contribution < 1.29 is 14.3 Å². The molecule has 0 aliphatic carbocycles. The SMILES string of the molecule is Cc1nc(CSc2ccccc2C(=O)N(C)CCCC(=O)OC(C)(C)C)cs1. The average molecular weight is 421 g/mol. The molecule has 2 rings (SSSR count). The van der Waals surface area contributed by atoms with Gasteiger partial charge < -0.3 is 9.64 Å². The first-order valence-corrected chi connectivity index (χ1v) is 11.1. The first-order chi connectivity index (χ1) is 13.2. The molecule has 1 aromatic heterocycles. The Kier molecular flexibility index (Phi) is 8.07. The van der Waals surface area contributed by atoms with Gasteiger partial charge in [0.2, 0.25) is 0 Å². The Morgan fingerprint density at radius 2 is 1.96 bits per heavy atom. The van der Waals surface area contributed by atoms with Crippen LogP contribution >= 0.6 is 23.1 Å². The fourth-order valence-electron chi connectivity index (χ4n) is 2.56. The predicted octanol–water partition coefficient (Wildman–Crippen LogP) is 4.94. The number of thiazole rings is 1. The van der Waals surface area contributed by atoms with Crippen LogP contribution < -0.4 is 0 Å². The van der Waals surface area contributed by atoms with Crippen molar-refractivity contribution in [3.05, 3.63) is 45.9 Å². The number of amides is 1. The van der Waals surface area contributed by atoms with Gasteiger partial charge in [0.05, 0.1) is 16.3 Å². The molecule has 5 nitrogen and oxygen atoms in total. The summed E-state index contributed by atoms with van der Waals surface area (Å²) >= 11 is 3.25. The highest BCUT2D eigenvalue weighted by atomic mass is 32.2. The number of esters is 1. The van der Waals surface area contributed by atoms with E-state index in [-0.39, 0.29) is 11.9 Å². The van der Waals surface area contributed by atoms with Crippen molar-refractivity contribution in [2.45, 2.75) is 56.8 Å². The van der Waals surface area contributed by atoms with Crippen molar-refractivity contribution in [1.29, 1.82) is 0 Å². The molecule has 0 radical (unpaired) electrons. The second kappa shape index (κ2) is 10.1. The third kappa shape index (κ3) is 7.28. The van der Waals surface area contributed by atoms with Crippen LogP contribution in [0.1, 0.15) is 54.7 Å². The van der Waals surface area contributed by atoms with Crippen LogP contribution in [-0.2, 0) is 15.3 Å². The van der Waals surface area contributed by atoms with Gasteiger partial charge >= 0.3 is 5.97 Å². The number of hydrogen-bond acceptors (Lipinski definition) is 6. The summed E-state index contributed by atoms with van der Waals surface area (Å²) in [4.78, 5) is 31.8. The fraction of sp³-hybridized carbons (Fsp3) is 0.476. The first-order valence-electron chi connectivity index (χ1n) is 9.26. The van der Waals surface area contributed by atoms with Gasteiger partial charge in [-0.1, -0.05) is 12.1 Å². The Morgan fingerprint density at radius 1 is 1.25 bits per heavy atom. The Balaban J connectivity index is 1.91. The van der Waals surface area contributed by atoms with Gasteiger partial charge in [-0.05, 0) is 46.2 Å². The Bertz CT molecular complexity index is 812. The van der Waals surface area contributed by atoms with E-state index in [1.807, 2.05) is 52.0 Å². The molecule has 0 bridgehead atoms. The summed E-state index contributed by atoms with van der Waals surface area (Å²) < 4.78 is 5.31. The van der Waals surface area contributed by atoms with Gasteiger partial charge in [-0.2, -0.15) is 0 Å². The van der Waals surface area contributed by atoms with Crippen molar-refractivity contribution in [3.8, 4) is 0 Å². The normalized spacial score (nSPS) is 11.3. The van der Waals surface area contributed by atoms with Crippen molar-refractivity contribution in [3.63, 3.8) is 0 Å². The lowest BCUT2D eigenvalue weighted by Crippen LogP contribution is -2.29. The zero-order valence-electron chi connectivity index (χ0n) is 17.2. The smallest absolute Gasteiger partial charge is 0.306 e. The van der Waals surface area contributed by atoms with E-state index in [2.05, 4.69) is 10.4 Å². The van der Waals surface area contributed by atoms with E-state index in [9.17, 15) is 9.59 Å². The molecule has 1 amide bonds. The van der Waals surface area contributed by atoms with E-state index in [0.29, 0.717) is 24.9 Å². The number of carbonyl (C=O) groups excluding carboxylic acids is 2.